The second-order valence-electron chi connectivity index (χ2n) is 8.84. The maximum absolute atomic E-state index is 11.9. The fourth-order valence-corrected chi connectivity index (χ4v) is 7.02. The number of ketones is 1. The van der Waals surface area contributed by atoms with E-state index in [-0.39, 0.29) is 16.6 Å². The van der Waals surface area contributed by atoms with Gasteiger partial charge in [-0.15, -0.1) is 0 Å². The third kappa shape index (κ3) is 2.13. The molecule has 0 saturated heterocycles. The molecule has 0 aliphatic heterocycles. The molecule has 6 atom stereocenters. The van der Waals surface area contributed by atoms with E-state index in [0.29, 0.717) is 24.2 Å². The molecule has 4 rings (SSSR count). The van der Waals surface area contributed by atoms with Gasteiger partial charge in [0.1, 0.15) is 0 Å². The van der Waals surface area contributed by atoms with Crippen LogP contribution in [-0.4, -0.2) is 16.5 Å². The Morgan fingerprint density at radius 1 is 1.21 bits per heavy atom. The van der Waals surface area contributed by atoms with Gasteiger partial charge in [0.05, 0.1) is 5.60 Å². The molecule has 4 aliphatic rings. The summed E-state index contributed by atoms with van der Waals surface area (Å²) in [4.78, 5) is 11.9. The van der Waals surface area contributed by atoms with E-state index in [1.165, 1.54) is 5.57 Å². The number of aliphatic hydroxyl groups is 1. The highest BCUT2D eigenvalue weighted by molar-refractivity contribution is 14.1. The van der Waals surface area contributed by atoms with Gasteiger partial charge >= 0.3 is 0 Å². The molecule has 0 aromatic carbocycles. The van der Waals surface area contributed by atoms with Gasteiger partial charge in [0.2, 0.25) is 0 Å². The molecule has 2 nitrogen and oxygen atoms in total. The SMILES string of the molecule is C[C@]12CCC(=O)C=C1C=C[C@@H]1[C@@H]2CC[C@@]2(C)[C@H]1CCC2(O)C=CI. The van der Waals surface area contributed by atoms with Gasteiger partial charge in [-0.1, -0.05) is 48.6 Å². The van der Waals surface area contributed by atoms with Crippen LogP contribution in [0.25, 0.3) is 0 Å². The molecule has 1 N–H and O–H groups in total. The first kappa shape index (κ1) is 17.0. The summed E-state index contributed by atoms with van der Waals surface area (Å²) in [6, 6.07) is 0. The fourth-order valence-electron chi connectivity index (χ4n) is 6.43. The van der Waals surface area contributed by atoms with Crippen molar-refractivity contribution in [2.24, 2.45) is 28.6 Å². The van der Waals surface area contributed by atoms with Gasteiger partial charge in [0.15, 0.2) is 5.78 Å². The molecule has 0 amide bonds. The van der Waals surface area contributed by atoms with Crippen LogP contribution >= 0.6 is 22.6 Å². The molecule has 3 heteroatoms. The van der Waals surface area contributed by atoms with Crippen LogP contribution in [0.1, 0.15) is 52.4 Å². The Morgan fingerprint density at radius 2 is 1.96 bits per heavy atom. The monoisotopic (exact) mass is 438 g/mol. The van der Waals surface area contributed by atoms with Crippen molar-refractivity contribution in [1.82, 2.24) is 0 Å². The first-order valence-corrected chi connectivity index (χ1v) is 10.5. The minimum atomic E-state index is -0.656. The summed E-state index contributed by atoms with van der Waals surface area (Å²) < 4.78 is 1.99. The van der Waals surface area contributed by atoms with Crippen molar-refractivity contribution in [2.45, 2.75) is 58.0 Å². The van der Waals surface area contributed by atoms with Crippen molar-refractivity contribution in [3.63, 3.8) is 0 Å². The summed E-state index contributed by atoms with van der Waals surface area (Å²) in [5.74, 6) is 1.98. The van der Waals surface area contributed by atoms with E-state index in [9.17, 15) is 9.90 Å². The summed E-state index contributed by atoms with van der Waals surface area (Å²) >= 11 is 2.23. The van der Waals surface area contributed by atoms with Gasteiger partial charge < -0.3 is 5.11 Å². The Morgan fingerprint density at radius 3 is 2.71 bits per heavy atom. The van der Waals surface area contributed by atoms with Gasteiger partial charge in [0, 0.05) is 11.8 Å². The average molecular weight is 438 g/mol. The molecule has 0 aromatic heterocycles. The lowest BCUT2D eigenvalue weighted by atomic mass is 9.48. The predicted octanol–water partition coefficient (Wildman–Crippen LogP) is 4.97. The Bertz CT molecular complexity index is 663. The highest BCUT2D eigenvalue weighted by atomic mass is 127. The van der Waals surface area contributed by atoms with Crippen molar-refractivity contribution < 1.29 is 9.90 Å². The Balaban J connectivity index is 1.74. The second kappa shape index (κ2) is 5.54. The number of fused-ring (bicyclic) bond motifs is 5. The predicted molar refractivity (Wildman–Crippen MR) is 105 cm³/mol. The molecule has 0 bridgehead atoms. The van der Waals surface area contributed by atoms with E-state index in [2.05, 4.69) is 48.6 Å². The smallest absolute Gasteiger partial charge is 0.156 e. The number of allylic oxidation sites excluding steroid dienone is 4. The molecular weight excluding hydrogens is 411 g/mol. The zero-order valence-electron chi connectivity index (χ0n) is 14.6. The van der Waals surface area contributed by atoms with Crippen LogP contribution in [0, 0.1) is 28.6 Å². The first-order valence-electron chi connectivity index (χ1n) is 9.28. The highest BCUT2D eigenvalue weighted by Crippen LogP contribution is 2.66. The maximum Gasteiger partial charge on any atom is 0.156 e. The van der Waals surface area contributed by atoms with Gasteiger partial charge in [0.25, 0.3) is 0 Å². The maximum atomic E-state index is 11.9. The second-order valence-corrected chi connectivity index (χ2v) is 9.56. The van der Waals surface area contributed by atoms with E-state index in [0.717, 1.165) is 32.1 Å². The normalized spacial score (nSPS) is 50.4. The third-order valence-corrected chi connectivity index (χ3v) is 8.43. The van der Waals surface area contributed by atoms with Crippen molar-refractivity contribution in [1.29, 1.82) is 0 Å². The molecule has 24 heavy (non-hydrogen) atoms. The molecular formula is C21H27IO2. The van der Waals surface area contributed by atoms with E-state index < -0.39 is 5.60 Å². The minimum absolute atomic E-state index is 0.0256. The van der Waals surface area contributed by atoms with Crippen molar-refractivity contribution >= 4 is 28.4 Å². The van der Waals surface area contributed by atoms with Crippen LogP contribution in [0.4, 0.5) is 0 Å². The largest absolute Gasteiger partial charge is 0.385 e. The molecule has 0 heterocycles. The standard InChI is InChI=1S/C21H27IO2/c1-19-8-5-15(23)13-14(19)3-4-16-17(19)6-9-20(2)18(16)7-10-21(20,24)11-12-22/h3-4,11-13,16-18,24H,5-10H2,1-2H3/t16-,17+,18+,19+,20+,21?/m1/s1. The molecule has 0 spiro atoms. The number of hydrogen-bond acceptors (Lipinski definition) is 2. The molecule has 2 fully saturated rings. The molecule has 0 radical (unpaired) electrons. The Labute approximate surface area is 158 Å². The number of hydrogen-bond donors (Lipinski definition) is 1. The molecule has 2 saturated carbocycles. The van der Waals surface area contributed by atoms with Crippen LogP contribution in [0.2, 0.25) is 0 Å². The summed E-state index contributed by atoms with van der Waals surface area (Å²) in [5.41, 5.74) is 0.720. The Kier molecular flexibility index (Phi) is 3.93. The van der Waals surface area contributed by atoms with Crippen LogP contribution in [-0.2, 0) is 4.79 Å². The first-order chi connectivity index (χ1) is 11.3. The third-order valence-electron chi connectivity index (χ3n) is 8.07. The quantitative estimate of drug-likeness (QED) is 0.587. The summed E-state index contributed by atoms with van der Waals surface area (Å²) in [6.07, 6.45) is 14.4. The van der Waals surface area contributed by atoms with E-state index in [1.807, 2.05) is 16.2 Å². The number of carbonyl (C=O) groups is 1. The number of halogens is 1. The van der Waals surface area contributed by atoms with Crippen LogP contribution in [0.3, 0.4) is 0 Å². The summed E-state index contributed by atoms with van der Waals surface area (Å²) in [5, 5.41) is 11.3. The van der Waals surface area contributed by atoms with Gasteiger partial charge in [-0.25, -0.2) is 0 Å². The summed E-state index contributed by atoms with van der Waals surface area (Å²) in [6.45, 7) is 4.68. The van der Waals surface area contributed by atoms with Gasteiger partial charge in [-0.05, 0) is 77.1 Å². The number of carbonyl (C=O) groups excluding carboxylic acids is 1. The molecule has 4 aliphatic carbocycles. The molecule has 1 unspecified atom stereocenters. The minimum Gasteiger partial charge on any atom is -0.385 e. The molecule has 130 valence electrons. The fraction of sp³-hybridized carbons (Fsp3) is 0.667. The average Bonchev–Trinajstić information content (AvgIpc) is 2.80. The van der Waals surface area contributed by atoms with E-state index in [4.69, 9.17) is 0 Å². The number of rotatable bonds is 1. The molecule has 0 aromatic rings. The van der Waals surface area contributed by atoms with Crippen LogP contribution in [0.15, 0.2) is 34.0 Å². The van der Waals surface area contributed by atoms with Crippen LogP contribution in [0.5, 0.6) is 0 Å². The van der Waals surface area contributed by atoms with E-state index in [1.54, 1.807) is 0 Å². The topological polar surface area (TPSA) is 37.3 Å². The van der Waals surface area contributed by atoms with Crippen molar-refractivity contribution in [3.05, 3.63) is 34.0 Å². The van der Waals surface area contributed by atoms with Crippen molar-refractivity contribution in [3.8, 4) is 0 Å². The van der Waals surface area contributed by atoms with Crippen LogP contribution < -0.4 is 0 Å². The van der Waals surface area contributed by atoms with E-state index >= 15 is 0 Å². The lowest BCUT2D eigenvalue weighted by Gasteiger charge is -2.57. The van der Waals surface area contributed by atoms with Gasteiger partial charge in [-0.3, -0.25) is 4.79 Å². The van der Waals surface area contributed by atoms with Gasteiger partial charge in [-0.2, -0.15) is 0 Å². The lowest BCUT2D eigenvalue weighted by molar-refractivity contribution is -0.117. The summed E-state index contributed by atoms with van der Waals surface area (Å²) in [7, 11) is 0. The highest BCUT2D eigenvalue weighted by Gasteiger charge is 2.62. The van der Waals surface area contributed by atoms with Crippen molar-refractivity contribution in [2.75, 3.05) is 0 Å². The Hall–Kier alpha value is -0.420. The zero-order chi connectivity index (χ0) is 17.2. The zero-order valence-corrected chi connectivity index (χ0v) is 16.8. The lowest BCUT2D eigenvalue weighted by Crippen LogP contribution is -2.53.